The number of carbonyl (C=O) groups is 1. The Labute approximate surface area is 176 Å². The summed E-state index contributed by atoms with van der Waals surface area (Å²) >= 11 is 9.57. The third kappa shape index (κ3) is 4.04. The fourth-order valence-corrected chi connectivity index (χ4v) is 5.31. The minimum absolute atomic E-state index is 0.183. The third-order valence-electron chi connectivity index (χ3n) is 4.59. The van der Waals surface area contributed by atoms with E-state index in [1.54, 1.807) is 23.1 Å². The normalized spacial score (nSPS) is 11.5. The van der Waals surface area contributed by atoms with Crippen molar-refractivity contribution in [1.29, 1.82) is 0 Å². The van der Waals surface area contributed by atoms with Crippen LogP contribution in [-0.4, -0.2) is 26.2 Å². The van der Waals surface area contributed by atoms with Gasteiger partial charge in [0.1, 0.15) is 10.7 Å². The van der Waals surface area contributed by atoms with Gasteiger partial charge in [-0.1, -0.05) is 11.6 Å². The SMILES string of the molecule is Cc1ccn2c(Cc3csc4ccc(Cl)cc34)c(SCCCC(=O)O)nc2c1. The Morgan fingerprint density at radius 2 is 2.18 bits per heavy atom. The van der Waals surface area contributed by atoms with Crippen molar-refractivity contribution in [2.75, 3.05) is 5.75 Å². The molecular weight excluding hydrogens is 412 g/mol. The Morgan fingerprint density at radius 1 is 1.32 bits per heavy atom. The molecule has 1 N–H and O–H groups in total. The summed E-state index contributed by atoms with van der Waals surface area (Å²) in [5, 5.41) is 13.9. The monoisotopic (exact) mass is 430 g/mol. The molecule has 0 bridgehead atoms. The van der Waals surface area contributed by atoms with Crippen LogP contribution in [0.5, 0.6) is 0 Å². The zero-order valence-corrected chi connectivity index (χ0v) is 17.7. The topological polar surface area (TPSA) is 54.6 Å². The molecule has 28 heavy (non-hydrogen) atoms. The molecule has 0 fully saturated rings. The molecule has 0 saturated heterocycles. The van der Waals surface area contributed by atoms with Crippen LogP contribution in [-0.2, 0) is 11.2 Å². The van der Waals surface area contributed by atoms with E-state index in [4.69, 9.17) is 21.7 Å². The van der Waals surface area contributed by atoms with Gasteiger partial charge in [0, 0.05) is 34.5 Å². The number of thiophene rings is 1. The number of fused-ring (bicyclic) bond motifs is 2. The summed E-state index contributed by atoms with van der Waals surface area (Å²) < 4.78 is 3.36. The predicted molar refractivity (Wildman–Crippen MR) is 117 cm³/mol. The van der Waals surface area contributed by atoms with Crippen LogP contribution in [0.15, 0.2) is 46.9 Å². The van der Waals surface area contributed by atoms with E-state index in [-0.39, 0.29) is 6.42 Å². The van der Waals surface area contributed by atoms with E-state index in [0.717, 1.165) is 33.6 Å². The highest BCUT2D eigenvalue weighted by Gasteiger charge is 2.16. The number of hydrogen-bond acceptors (Lipinski definition) is 4. The zero-order chi connectivity index (χ0) is 19.7. The molecule has 144 valence electrons. The van der Waals surface area contributed by atoms with Crippen molar-refractivity contribution >= 4 is 56.4 Å². The third-order valence-corrected chi connectivity index (χ3v) is 6.93. The van der Waals surface area contributed by atoms with E-state index in [0.29, 0.717) is 6.42 Å². The average molecular weight is 431 g/mol. The van der Waals surface area contributed by atoms with Crippen molar-refractivity contribution < 1.29 is 9.90 Å². The molecule has 3 heterocycles. The number of imidazole rings is 1. The first-order valence-corrected chi connectivity index (χ1v) is 11.2. The van der Waals surface area contributed by atoms with Gasteiger partial charge in [-0.3, -0.25) is 4.79 Å². The number of aryl methyl sites for hydroxylation is 1. The molecule has 1 aromatic carbocycles. The Morgan fingerprint density at radius 3 is 3.00 bits per heavy atom. The second kappa shape index (κ2) is 8.15. The Kier molecular flexibility index (Phi) is 5.62. The van der Waals surface area contributed by atoms with Gasteiger partial charge in [0.05, 0.1) is 5.69 Å². The number of rotatable bonds is 7. The van der Waals surface area contributed by atoms with Crippen LogP contribution in [0.3, 0.4) is 0 Å². The maximum Gasteiger partial charge on any atom is 0.303 e. The standard InChI is InChI=1S/C21H19ClN2O2S2/c1-13-6-7-24-17(10-14-12-28-18-5-4-15(22)11-16(14)18)21(23-19(24)9-13)27-8-2-3-20(25)26/h4-7,9,11-12H,2-3,8,10H2,1H3,(H,25,26). The van der Waals surface area contributed by atoms with Crippen LogP contribution in [0.2, 0.25) is 5.02 Å². The largest absolute Gasteiger partial charge is 0.481 e. The minimum atomic E-state index is -0.756. The molecule has 0 aliphatic rings. The lowest BCUT2D eigenvalue weighted by Gasteiger charge is -2.05. The molecule has 0 aliphatic heterocycles. The van der Waals surface area contributed by atoms with Crippen molar-refractivity contribution in [2.24, 2.45) is 0 Å². The zero-order valence-electron chi connectivity index (χ0n) is 15.3. The number of halogens is 1. The molecule has 0 amide bonds. The van der Waals surface area contributed by atoms with Crippen molar-refractivity contribution in [3.8, 4) is 0 Å². The Balaban J connectivity index is 1.70. The lowest BCUT2D eigenvalue weighted by atomic mass is 10.1. The van der Waals surface area contributed by atoms with Gasteiger partial charge in [0.15, 0.2) is 0 Å². The van der Waals surface area contributed by atoms with Gasteiger partial charge < -0.3 is 9.51 Å². The van der Waals surface area contributed by atoms with Gasteiger partial charge in [-0.05, 0) is 65.6 Å². The van der Waals surface area contributed by atoms with Crippen molar-refractivity contribution in [2.45, 2.75) is 31.2 Å². The number of aromatic nitrogens is 2. The molecule has 4 nitrogen and oxygen atoms in total. The minimum Gasteiger partial charge on any atom is -0.481 e. The highest BCUT2D eigenvalue weighted by molar-refractivity contribution is 7.99. The summed E-state index contributed by atoms with van der Waals surface area (Å²) in [6.45, 7) is 2.06. The molecule has 0 spiro atoms. The molecule has 4 aromatic rings. The molecule has 0 atom stereocenters. The summed E-state index contributed by atoms with van der Waals surface area (Å²) in [5.74, 6) is -0.0219. The van der Waals surface area contributed by atoms with Crippen molar-refractivity contribution in [3.05, 3.63) is 63.8 Å². The summed E-state index contributed by atoms with van der Waals surface area (Å²) in [6, 6.07) is 10.2. The maximum atomic E-state index is 10.8. The van der Waals surface area contributed by atoms with Crippen LogP contribution in [0, 0.1) is 6.92 Å². The first kappa shape index (κ1) is 19.3. The quantitative estimate of drug-likeness (QED) is 0.286. The van der Waals surface area contributed by atoms with E-state index < -0.39 is 5.97 Å². The van der Waals surface area contributed by atoms with Gasteiger partial charge in [-0.15, -0.1) is 23.1 Å². The van der Waals surface area contributed by atoms with Crippen LogP contribution >= 0.6 is 34.7 Å². The van der Waals surface area contributed by atoms with E-state index >= 15 is 0 Å². The number of thioether (sulfide) groups is 1. The van der Waals surface area contributed by atoms with Gasteiger partial charge in [-0.2, -0.15) is 0 Å². The van der Waals surface area contributed by atoms with E-state index in [2.05, 4.69) is 41.1 Å². The maximum absolute atomic E-state index is 10.8. The second-order valence-corrected chi connectivity index (χ2v) is 9.15. The first-order chi connectivity index (χ1) is 13.5. The predicted octanol–water partition coefficient (Wildman–Crippen LogP) is 6.06. The highest BCUT2D eigenvalue weighted by Crippen LogP contribution is 2.33. The van der Waals surface area contributed by atoms with Crippen LogP contribution < -0.4 is 0 Å². The van der Waals surface area contributed by atoms with Gasteiger partial charge >= 0.3 is 5.97 Å². The number of pyridine rings is 1. The molecule has 0 radical (unpaired) electrons. The Bertz CT molecular complexity index is 1170. The fraction of sp³-hybridized carbons (Fsp3) is 0.238. The second-order valence-electron chi connectivity index (χ2n) is 6.72. The molecule has 3 aromatic heterocycles. The highest BCUT2D eigenvalue weighted by atomic mass is 35.5. The number of carboxylic acid groups (broad SMARTS) is 1. The van der Waals surface area contributed by atoms with Crippen molar-refractivity contribution in [3.63, 3.8) is 0 Å². The number of aliphatic carboxylic acids is 1. The lowest BCUT2D eigenvalue weighted by molar-refractivity contribution is -0.137. The molecule has 4 rings (SSSR count). The fourth-order valence-electron chi connectivity index (χ4n) is 3.22. The summed E-state index contributed by atoms with van der Waals surface area (Å²) in [5.41, 5.74) is 4.46. The number of benzene rings is 1. The van der Waals surface area contributed by atoms with Gasteiger partial charge in [0.25, 0.3) is 0 Å². The van der Waals surface area contributed by atoms with E-state index in [9.17, 15) is 4.79 Å². The van der Waals surface area contributed by atoms with E-state index in [1.807, 2.05) is 12.1 Å². The smallest absolute Gasteiger partial charge is 0.303 e. The molecule has 0 unspecified atom stereocenters. The average Bonchev–Trinajstić information content (AvgIpc) is 3.20. The van der Waals surface area contributed by atoms with Gasteiger partial charge in [0.2, 0.25) is 0 Å². The van der Waals surface area contributed by atoms with Crippen LogP contribution in [0.25, 0.3) is 15.7 Å². The summed E-state index contributed by atoms with van der Waals surface area (Å²) in [6.07, 6.45) is 3.63. The summed E-state index contributed by atoms with van der Waals surface area (Å²) in [7, 11) is 0. The van der Waals surface area contributed by atoms with Crippen LogP contribution in [0.4, 0.5) is 0 Å². The number of nitrogens with zero attached hydrogens (tertiary/aromatic N) is 2. The van der Waals surface area contributed by atoms with Crippen LogP contribution in [0.1, 0.15) is 29.7 Å². The van der Waals surface area contributed by atoms with Crippen molar-refractivity contribution in [1.82, 2.24) is 9.38 Å². The molecule has 0 saturated carbocycles. The number of hydrogen-bond donors (Lipinski definition) is 1. The summed E-state index contributed by atoms with van der Waals surface area (Å²) in [4.78, 5) is 15.6. The first-order valence-electron chi connectivity index (χ1n) is 8.99. The molecule has 0 aliphatic carbocycles. The number of carboxylic acids is 1. The Hall–Kier alpha value is -2.02. The van der Waals surface area contributed by atoms with E-state index in [1.165, 1.54) is 21.2 Å². The molecule has 7 heteroatoms. The molecular formula is C21H19ClN2O2S2. The lowest BCUT2D eigenvalue weighted by Crippen LogP contribution is -1.97. The van der Waals surface area contributed by atoms with Gasteiger partial charge in [-0.25, -0.2) is 4.98 Å².